The zero-order chi connectivity index (χ0) is 39.1. The van der Waals surface area contributed by atoms with Gasteiger partial charge in [0.25, 0.3) is 0 Å². The summed E-state index contributed by atoms with van der Waals surface area (Å²) in [6.07, 6.45) is 0. The van der Waals surface area contributed by atoms with Crippen LogP contribution < -0.4 is 31.1 Å². The molecule has 278 valence electrons. The van der Waals surface area contributed by atoms with Crippen LogP contribution in [0.3, 0.4) is 0 Å². The van der Waals surface area contributed by atoms with E-state index in [-0.39, 0.29) is 12.6 Å². The van der Waals surface area contributed by atoms with E-state index in [0.29, 0.717) is 0 Å². The Labute approximate surface area is 346 Å². The Hall–Kier alpha value is -7.56. The highest BCUT2D eigenvalue weighted by atomic mass is 15.2. The van der Waals surface area contributed by atoms with E-state index in [2.05, 4.69) is 251 Å². The molecule has 2 aliphatic rings. The van der Waals surface area contributed by atoms with Crippen molar-refractivity contribution in [3.8, 4) is 0 Å². The maximum Gasteiger partial charge on any atom is 0.247 e. The van der Waals surface area contributed by atoms with Crippen LogP contribution in [-0.2, 0) is 0 Å². The molecule has 0 radical (unpaired) electrons. The molecule has 0 aromatic heterocycles. The average molecular weight is 754 g/mol. The van der Waals surface area contributed by atoms with Gasteiger partial charge in [-0.15, -0.1) is 0 Å². The van der Waals surface area contributed by atoms with E-state index < -0.39 is 0 Å². The van der Waals surface area contributed by atoms with Crippen molar-refractivity contribution in [1.29, 1.82) is 0 Å². The maximum absolute atomic E-state index is 2.47. The minimum Gasteiger partial charge on any atom is -0.312 e. The van der Waals surface area contributed by atoms with Gasteiger partial charge in [0.2, 0.25) is 6.71 Å². The summed E-state index contributed by atoms with van der Waals surface area (Å²) in [6.45, 7) is 0.0835. The van der Waals surface area contributed by atoms with Crippen LogP contribution in [0.4, 0.5) is 51.2 Å². The lowest BCUT2D eigenvalue weighted by Gasteiger charge is -2.43. The Balaban J connectivity index is 1.12. The Kier molecular flexibility index (Phi) is 8.67. The number of para-hydroxylation sites is 5. The van der Waals surface area contributed by atoms with Crippen LogP contribution in [0, 0.1) is 0 Å². The molecule has 59 heavy (non-hydrogen) atoms. The van der Waals surface area contributed by atoms with Gasteiger partial charge < -0.3 is 14.7 Å². The van der Waals surface area contributed by atoms with E-state index in [0.717, 1.165) is 34.1 Å². The van der Waals surface area contributed by atoms with Gasteiger partial charge in [-0.05, 0) is 119 Å². The van der Waals surface area contributed by atoms with Crippen molar-refractivity contribution in [2.45, 2.75) is 5.92 Å². The molecule has 2 heterocycles. The van der Waals surface area contributed by atoms with Crippen molar-refractivity contribution in [3.63, 3.8) is 0 Å². The van der Waals surface area contributed by atoms with E-state index in [1.54, 1.807) is 0 Å². The monoisotopic (exact) mass is 753 g/mol. The fourth-order valence-corrected chi connectivity index (χ4v) is 9.51. The largest absolute Gasteiger partial charge is 0.312 e. The van der Waals surface area contributed by atoms with Crippen LogP contribution >= 0.6 is 0 Å². The summed E-state index contributed by atoms with van der Waals surface area (Å²) in [6, 6.07) is 86.0. The van der Waals surface area contributed by atoms with E-state index in [1.165, 1.54) is 50.1 Å². The summed E-state index contributed by atoms with van der Waals surface area (Å²) in [5, 5.41) is 0. The Morgan fingerprint density at radius 3 is 1.44 bits per heavy atom. The van der Waals surface area contributed by atoms with Crippen LogP contribution in [0.5, 0.6) is 0 Å². The summed E-state index contributed by atoms with van der Waals surface area (Å²) in [5.74, 6) is 0.0378. The molecule has 1 atom stereocenters. The smallest absolute Gasteiger partial charge is 0.247 e. The van der Waals surface area contributed by atoms with Gasteiger partial charge in [-0.25, -0.2) is 0 Å². The van der Waals surface area contributed by atoms with Gasteiger partial charge in [-0.2, -0.15) is 0 Å². The average Bonchev–Trinajstić information content (AvgIpc) is 3.31. The van der Waals surface area contributed by atoms with Crippen LogP contribution in [0.2, 0.25) is 0 Å². The summed E-state index contributed by atoms with van der Waals surface area (Å²) >= 11 is 0. The second-order valence-electron chi connectivity index (χ2n) is 15.3. The third-order valence-electron chi connectivity index (χ3n) is 11.9. The van der Waals surface area contributed by atoms with Crippen molar-refractivity contribution >= 4 is 74.3 Å². The first-order valence-corrected chi connectivity index (χ1v) is 20.4. The molecular weight excluding hydrogens is 713 g/mol. The molecule has 0 saturated heterocycles. The van der Waals surface area contributed by atoms with Crippen molar-refractivity contribution in [1.82, 2.24) is 0 Å². The number of hydrogen-bond donors (Lipinski definition) is 0. The quantitative estimate of drug-likeness (QED) is 0.143. The van der Waals surface area contributed by atoms with E-state index in [1.807, 2.05) is 0 Å². The summed E-state index contributed by atoms with van der Waals surface area (Å²) in [7, 11) is 0. The van der Waals surface area contributed by atoms with Gasteiger partial charge in [0.05, 0.1) is 0 Å². The molecule has 0 N–H and O–H groups in total. The molecule has 0 spiro atoms. The standard InChI is InChI=1S/C55H40BN3/c1-6-20-40(21-7-1)54-48-32-19-35-53-55(48)56(51-33-16-17-34-52(51)59(53)44-28-14-5-15-29-44)50-37-36-47(39-49(50)54)58(43-26-12-4-13-27-43)46-31-18-30-45(38-46)57(41-22-8-2-9-23-41)42-24-10-3-11-25-42/h1-39,54H. The van der Waals surface area contributed by atoms with Crippen molar-refractivity contribution < 1.29 is 0 Å². The number of fused-ring (bicyclic) bond motifs is 4. The van der Waals surface area contributed by atoms with E-state index >= 15 is 0 Å². The first-order valence-electron chi connectivity index (χ1n) is 20.4. The van der Waals surface area contributed by atoms with Crippen molar-refractivity contribution in [2.24, 2.45) is 0 Å². The summed E-state index contributed by atoms with van der Waals surface area (Å²) < 4.78 is 0. The molecule has 0 bridgehead atoms. The number of anilines is 9. The van der Waals surface area contributed by atoms with Gasteiger partial charge in [0, 0.05) is 57.1 Å². The first kappa shape index (κ1) is 34.7. The highest BCUT2D eigenvalue weighted by Crippen LogP contribution is 2.45. The predicted molar refractivity (Wildman–Crippen MR) is 249 cm³/mol. The van der Waals surface area contributed by atoms with E-state index in [4.69, 9.17) is 0 Å². The van der Waals surface area contributed by atoms with Gasteiger partial charge >= 0.3 is 0 Å². The predicted octanol–water partition coefficient (Wildman–Crippen LogP) is 12.4. The summed E-state index contributed by atoms with van der Waals surface area (Å²) in [5.41, 5.74) is 18.3. The maximum atomic E-state index is 2.47. The number of hydrogen-bond acceptors (Lipinski definition) is 3. The molecule has 0 amide bonds. The minimum absolute atomic E-state index is 0.0378. The van der Waals surface area contributed by atoms with Gasteiger partial charge in [-0.3, -0.25) is 0 Å². The lowest BCUT2D eigenvalue weighted by molar-refractivity contribution is 0.983. The highest BCUT2D eigenvalue weighted by molar-refractivity contribution is 6.99. The second-order valence-corrected chi connectivity index (χ2v) is 15.3. The van der Waals surface area contributed by atoms with Crippen molar-refractivity contribution in [2.75, 3.05) is 14.7 Å². The van der Waals surface area contributed by atoms with Gasteiger partial charge in [0.15, 0.2) is 0 Å². The molecule has 9 aromatic rings. The summed E-state index contributed by atoms with van der Waals surface area (Å²) in [4.78, 5) is 7.21. The fraction of sp³-hybridized carbons (Fsp3) is 0.0182. The Morgan fingerprint density at radius 1 is 0.339 bits per heavy atom. The number of rotatable bonds is 8. The molecule has 11 rings (SSSR count). The normalized spacial score (nSPS) is 13.5. The lowest BCUT2D eigenvalue weighted by Crippen LogP contribution is -2.61. The van der Waals surface area contributed by atoms with Gasteiger partial charge in [-0.1, -0.05) is 151 Å². The first-order chi connectivity index (χ1) is 29.3. The molecular formula is C55H40BN3. The molecule has 4 heteroatoms. The highest BCUT2D eigenvalue weighted by Gasteiger charge is 2.43. The molecule has 0 saturated carbocycles. The molecule has 3 nitrogen and oxygen atoms in total. The van der Waals surface area contributed by atoms with Crippen LogP contribution in [0.25, 0.3) is 0 Å². The number of nitrogens with zero attached hydrogens (tertiary/aromatic N) is 3. The molecule has 9 aromatic carbocycles. The second kappa shape index (κ2) is 14.7. The molecule has 1 unspecified atom stereocenters. The molecule has 0 aliphatic carbocycles. The molecule has 0 fully saturated rings. The van der Waals surface area contributed by atoms with E-state index in [9.17, 15) is 0 Å². The number of benzene rings is 9. The van der Waals surface area contributed by atoms with Crippen LogP contribution in [0.1, 0.15) is 22.6 Å². The molecule has 2 aliphatic heterocycles. The lowest BCUT2D eigenvalue weighted by atomic mass is 9.31. The SMILES string of the molecule is c1ccc(C2c3cc(N(c4ccccc4)c4cccc(N(c5ccccc5)c5ccccc5)c4)ccc3B3c4ccccc4N(c4ccccc4)c4cccc2c43)cc1. The van der Waals surface area contributed by atoms with Crippen LogP contribution in [0.15, 0.2) is 237 Å². The third kappa shape index (κ3) is 6.00. The Morgan fingerprint density at radius 2 is 0.814 bits per heavy atom. The third-order valence-corrected chi connectivity index (χ3v) is 11.9. The fourth-order valence-electron chi connectivity index (χ4n) is 9.51. The Bertz CT molecular complexity index is 2860. The zero-order valence-electron chi connectivity index (χ0n) is 32.5. The topological polar surface area (TPSA) is 9.72 Å². The van der Waals surface area contributed by atoms with Crippen LogP contribution in [-0.4, -0.2) is 6.71 Å². The van der Waals surface area contributed by atoms with Gasteiger partial charge in [0.1, 0.15) is 0 Å². The van der Waals surface area contributed by atoms with Crippen molar-refractivity contribution in [3.05, 3.63) is 253 Å². The minimum atomic E-state index is 0.0378. The zero-order valence-corrected chi connectivity index (χ0v) is 32.5.